The first kappa shape index (κ1) is 24.7. The van der Waals surface area contributed by atoms with Crippen molar-refractivity contribution in [3.05, 3.63) is 24.2 Å². The maximum Gasteiger partial charge on any atom is 0.287 e. The molecule has 0 saturated heterocycles. The number of aliphatic hydroxyl groups excluding tert-OH is 1. The highest BCUT2D eigenvalue weighted by molar-refractivity contribution is 14.0. The summed E-state index contributed by atoms with van der Waals surface area (Å²) in [6, 6.07) is 3.31. The summed E-state index contributed by atoms with van der Waals surface area (Å²) in [5.74, 6) is 0.798. The molecule has 8 heteroatoms. The molecule has 0 spiro atoms. The zero-order valence-electron chi connectivity index (χ0n) is 16.0. The van der Waals surface area contributed by atoms with E-state index < -0.39 is 0 Å². The molecule has 1 rings (SSSR count). The van der Waals surface area contributed by atoms with Gasteiger partial charge in [0.1, 0.15) is 0 Å². The molecule has 0 radical (unpaired) electrons. The number of aliphatic hydroxyl groups is 1. The van der Waals surface area contributed by atoms with Gasteiger partial charge in [-0.1, -0.05) is 13.8 Å². The first-order valence-corrected chi connectivity index (χ1v) is 9.05. The van der Waals surface area contributed by atoms with E-state index in [0.717, 1.165) is 31.8 Å². The van der Waals surface area contributed by atoms with Crippen LogP contribution in [-0.4, -0.2) is 49.8 Å². The van der Waals surface area contributed by atoms with E-state index in [0.29, 0.717) is 25.4 Å². The van der Waals surface area contributed by atoms with Crippen molar-refractivity contribution in [3.63, 3.8) is 0 Å². The average molecular weight is 480 g/mol. The van der Waals surface area contributed by atoms with Gasteiger partial charge in [-0.05, 0) is 43.7 Å². The van der Waals surface area contributed by atoms with Gasteiger partial charge < -0.3 is 25.5 Å². The van der Waals surface area contributed by atoms with Gasteiger partial charge >= 0.3 is 0 Å². The fourth-order valence-electron chi connectivity index (χ4n) is 2.58. The van der Waals surface area contributed by atoms with Crippen molar-refractivity contribution in [2.45, 2.75) is 40.0 Å². The third kappa shape index (κ3) is 8.39. The fourth-order valence-corrected chi connectivity index (χ4v) is 2.58. The van der Waals surface area contributed by atoms with Crippen LogP contribution in [0.3, 0.4) is 0 Å². The standard InChI is InChI=1S/C18H32N4O3.HI/c1-4-18(5-2,9-12-23)14-22-17(19-6-3)21-11-10-20-16(24)15-8-7-13-25-15;/h7-8,13,23H,4-6,9-12,14H2,1-3H3,(H,20,24)(H2,19,21,22);1H. The van der Waals surface area contributed by atoms with E-state index in [1.165, 1.54) is 6.26 Å². The number of halogens is 1. The van der Waals surface area contributed by atoms with E-state index in [4.69, 9.17) is 4.42 Å². The number of hydrogen-bond donors (Lipinski definition) is 4. The lowest BCUT2D eigenvalue weighted by atomic mass is 9.79. The zero-order valence-corrected chi connectivity index (χ0v) is 18.3. The minimum absolute atomic E-state index is 0. The van der Waals surface area contributed by atoms with Crippen LogP contribution in [0.4, 0.5) is 0 Å². The SMILES string of the molecule is CCNC(=NCC(CC)(CC)CCO)NCCNC(=O)c1ccco1.I. The van der Waals surface area contributed by atoms with Crippen LogP contribution in [-0.2, 0) is 0 Å². The molecule has 1 amide bonds. The quantitative estimate of drug-likeness (QED) is 0.169. The lowest BCUT2D eigenvalue weighted by Crippen LogP contribution is -2.42. The first-order chi connectivity index (χ1) is 12.1. The average Bonchev–Trinajstić information content (AvgIpc) is 3.16. The third-order valence-corrected chi connectivity index (χ3v) is 4.51. The lowest BCUT2D eigenvalue weighted by molar-refractivity contribution is 0.0926. The number of carbonyl (C=O) groups is 1. The summed E-state index contributed by atoms with van der Waals surface area (Å²) >= 11 is 0. The molecule has 0 unspecified atom stereocenters. The van der Waals surface area contributed by atoms with Gasteiger partial charge in [0.25, 0.3) is 5.91 Å². The predicted molar refractivity (Wildman–Crippen MR) is 115 cm³/mol. The highest BCUT2D eigenvalue weighted by Gasteiger charge is 2.25. The van der Waals surface area contributed by atoms with Crippen LogP contribution >= 0.6 is 24.0 Å². The Kier molecular flexibility index (Phi) is 13.2. The van der Waals surface area contributed by atoms with Crippen molar-refractivity contribution < 1.29 is 14.3 Å². The second kappa shape index (κ2) is 13.9. The first-order valence-electron chi connectivity index (χ1n) is 9.05. The number of amides is 1. The Bertz CT molecular complexity index is 517. The zero-order chi connectivity index (χ0) is 18.5. The number of furan rings is 1. The normalized spacial score (nSPS) is 11.6. The van der Waals surface area contributed by atoms with Gasteiger partial charge in [-0.25, -0.2) is 0 Å². The lowest BCUT2D eigenvalue weighted by Gasteiger charge is -2.29. The Morgan fingerprint density at radius 3 is 2.42 bits per heavy atom. The smallest absolute Gasteiger partial charge is 0.287 e. The number of guanidine groups is 1. The van der Waals surface area contributed by atoms with Gasteiger partial charge in [-0.15, -0.1) is 24.0 Å². The Morgan fingerprint density at radius 1 is 1.19 bits per heavy atom. The molecule has 0 aliphatic rings. The van der Waals surface area contributed by atoms with Gasteiger partial charge in [0, 0.05) is 32.8 Å². The van der Waals surface area contributed by atoms with Crippen molar-refractivity contribution in [1.82, 2.24) is 16.0 Å². The number of rotatable bonds is 11. The van der Waals surface area contributed by atoms with Crippen LogP contribution in [0.5, 0.6) is 0 Å². The number of aliphatic imine (C=N–C) groups is 1. The summed E-state index contributed by atoms with van der Waals surface area (Å²) in [5.41, 5.74) is 0.0323. The number of nitrogens with zero attached hydrogens (tertiary/aromatic N) is 1. The minimum atomic E-state index is -0.229. The van der Waals surface area contributed by atoms with Crippen molar-refractivity contribution in [3.8, 4) is 0 Å². The molecule has 26 heavy (non-hydrogen) atoms. The molecule has 7 nitrogen and oxygen atoms in total. The summed E-state index contributed by atoms with van der Waals surface area (Å²) in [6.45, 7) is 8.91. The molecular formula is C18H33IN4O3. The number of carbonyl (C=O) groups excluding carboxylic acids is 1. The molecule has 0 saturated carbocycles. The van der Waals surface area contributed by atoms with E-state index in [9.17, 15) is 9.90 Å². The van der Waals surface area contributed by atoms with Crippen LogP contribution < -0.4 is 16.0 Å². The highest BCUT2D eigenvalue weighted by atomic mass is 127. The van der Waals surface area contributed by atoms with E-state index in [2.05, 4.69) is 34.8 Å². The summed E-state index contributed by atoms with van der Waals surface area (Å²) < 4.78 is 5.05. The fraction of sp³-hybridized carbons (Fsp3) is 0.667. The van der Waals surface area contributed by atoms with E-state index in [-0.39, 0.29) is 41.9 Å². The molecule has 4 N–H and O–H groups in total. The van der Waals surface area contributed by atoms with Crippen molar-refractivity contribution >= 4 is 35.8 Å². The van der Waals surface area contributed by atoms with E-state index in [1.54, 1.807) is 12.1 Å². The number of hydrogen-bond acceptors (Lipinski definition) is 4. The van der Waals surface area contributed by atoms with Crippen molar-refractivity contribution in [2.24, 2.45) is 10.4 Å². The van der Waals surface area contributed by atoms with E-state index in [1.807, 2.05) is 6.92 Å². The van der Waals surface area contributed by atoms with Gasteiger partial charge in [-0.3, -0.25) is 9.79 Å². The molecular weight excluding hydrogens is 447 g/mol. The van der Waals surface area contributed by atoms with Crippen LogP contribution in [0.15, 0.2) is 27.8 Å². The minimum Gasteiger partial charge on any atom is -0.459 e. The van der Waals surface area contributed by atoms with Gasteiger partial charge in [-0.2, -0.15) is 0 Å². The Labute approximate surface area is 173 Å². The molecule has 1 aromatic heterocycles. The molecule has 0 atom stereocenters. The Hall–Kier alpha value is -1.29. The second-order valence-electron chi connectivity index (χ2n) is 6.04. The number of nitrogens with one attached hydrogen (secondary N) is 3. The van der Waals surface area contributed by atoms with Crippen molar-refractivity contribution in [1.29, 1.82) is 0 Å². The monoisotopic (exact) mass is 480 g/mol. The molecule has 0 bridgehead atoms. The third-order valence-electron chi connectivity index (χ3n) is 4.51. The summed E-state index contributed by atoms with van der Waals surface area (Å²) in [6.07, 6.45) is 4.18. The van der Waals surface area contributed by atoms with Gasteiger partial charge in [0.2, 0.25) is 0 Å². The predicted octanol–water partition coefficient (Wildman–Crippen LogP) is 2.37. The van der Waals surface area contributed by atoms with Gasteiger partial charge in [0.15, 0.2) is 11.7 Å². The summed E-state index contributed by atoms with van der Waals surface area (Å²) in [4.78, 5) is 16.4. The van der Waals surface area contributed by atoms with E-state index >= 15 is 0 Å². The largest absolute Gasteiger partial charge is 0.459 e. The highest BCUT2D eigenvalue weighted by Crippen LogP contribution is 2.30. The van der Waals surface area contributed by atoms with Crippen LogP contribution in [0.25, 0.3) is 0 Å². The molecule has 0 aromatic carbocycles. The Balaban J connectivity index is 0.00000625. The maximum atomic E-state index is 11.8. The maximum absolute atomic E-state index is 11.8. The second-order valence-corrected chi connectivity index (χ2v) is 6.04. The topological polar surface area (TPSA) is 98.9 Å². The molecule has 150 valence electrons. The van der Waals surface area contributed by atoms with Gasteiger partial charge in [0.05, 0.1) is 6.26 Å². The molecule has 0 aliphatic carbocycles. The van der Waals surface area contributed by atoms with Crippen LogP contribution in [0.2, 0.25) is 0 Å². The molecule has 0 fully saturated rings. The van der Waals surface area contributed by atoms with Crippen LogP contribution in [0, 0.1) is 5.41 Å². The van der Waals surface area contributed by atoms with Crippen molar-refractivity contribution in [2.75, 3.05) is 32.8 Å². The summed E-state index contributed by atoms with van der Waals surface area (Å²) in [5, 5.41) is 18.5. The van der Waals surface area contributed by atoms with Crippen LogP contribution in [0.1, 0.15) is 50.6 Å². The molecule has 1 heterocycles. The summed E-state index contributed by atoms with van der Waals surface area (Å²) in [7, 11) is 0. The molecule has 0 aliphatic heterocycles. The Morgan fingerprint density at radius 2 is 1.88 bits per heavy atom. The molecule has 1 aromatic rings.